The molecule has 0 unspecified atom stereocenters. The largest absolute Gasteiger partial charge is 0.399 e. The lowest BCUT2D eigenvalue weighted by Crippen LogP contribution is -2.23. The highest BCUT2D eigenvalue weighted by Gasteiger charge is 2.16. The van der Waals surface area contributed by atoms with Crippen molar-refractivity contribution in [2.75, 3.05) is 18.8 Å². The Morgan fingerprint density at radius 1 is 1.04 bits per heavy atom. The number of nitrogens with zero attached hydrogens (tertiary/aromatic N) is 3. The molecule has 0 atom stereocenters. The van der Waals surface area contributed by atoms with E-state index in [1.165, 1.54) is 11.3 Å². The first-order valence-corrected chi connectivity index (χ1v) is 8.18. The zero-order valence-electron chi connectivity index (χ0n) is 14.1. The molecule has 0 saturated heterocycles. The van der Waals surface area contributed by atoms with Gasteiger partial charge in [0.05, 0.1) is 11.4 Å². The van der Waals surface area contributed by atoms with E-state index >= 15 is 0 Å². The fourth-order valence-electron chi connectivity index (χ4n) is 2.88. The smallest absolute Gasteiger partial charge is 0.137 e. The van der Waals surface area contributed by atoms with Crippen LogP contribution in [0.25, 0.3) is 16.9 Å². The van der Waals surface area contributed by atoms with Gasteiger partial charge in [-0.1, -0.05) is 32.0 Å². The van der Waals surface area contributed by atoms with Gasteiger partial charge >= 0.3 is 0 Å². The summed E-state index contributed by atoms with van der Waals surface area (Å²) in [6.45, 7) is 9.44. The van der Waals surface area contributed by atoms with Crippen LogP contribution in [0.15, 0.2) is 42.6 Å². The minimum absolute atomic E-state index is 0.777. The van der Waals surface area contributed by atoms with Gasteiger partial charge in [0.1, 0.15) is 5.65 Å². The summed E-state index contributed by atoms with van der Waals surface area (Å²) in [5, 5.41) is 0. The monoisotopic (exact) mass is 308 g/mol. The Labute approximate surface area is 137 Å². The van der Waals surface area contributed by atoms with Crippen molar-refractivity contribution in [1.29, 1.82) is 0 Å². The minimum Gasteiger partial charge on any atom is -0.399 e. The highest BCUT2D eigenvalue weighted by Crippen LogP contribution is 2.26. The Morgan fingerprint density at radius 3 is 2.39 bits per heavy atom. The molecule has 3 aromatic rings. The van der Waals surface area contributed by atoms with Crippen molar-refractivity contribution in [2.45, 2.75) is 27.3 Å². The van der Waals surface area contributed by atoms with E-state index in [-0.39, 0.29) is 0 Å². The fraction of sp³-hybridized carbons (Fsp3) is 0.316. The summed E-state index contributed by atoms with van der Waals surface area (Å²) in [5.41, 5.74) is 12.2. The standard InChI is InChI=1S/C19H24N4/c1-4-22(5-2)13-17-19(15-7-9-16(20)10-8-15)21-18-11-6-14(3)12-23(17)18/h6-12H,4-5,13,20H2,1-3H3. The van der Waals surface area contributed by atoms with Crippen molar-refractivity contribution >= 4 is 11.3 Å². The zero-order chi connectivity index (χ0) is 16.4. The van der Waals surface area contributed by atoms with Gasteiger partial charge in [-0.3, -0.25) is 4.90 Å². The van der Waals surface area contributed by atoms with E-state index in [0.29, 0.717) is 0 Å². The van der Waals surface area contributed by atoms with Crippen LogP contribution in [-0.4, -0.2) is 27.4 Å². The lowest BCUT2D eigenvalue weighted by molar-refractivity contribution is 0.292. The molecule has 0 aliphatic carbocycles. The van der Waals surface area contributed by atoms with E-state index in [2.05, 4.69) is 60.5 Å². The van der Waals surface area contributed by atoms with Gasteiger partial charge in [-0.15, -0.1) is 0 Å². The number of anilines is 1. The number of imidazole rings is 1. The van der Waals surface area contributed by atoms with Crippen LogP contribution >= 0.6 is 0 Å². The average molecular weight is 308 g/mol. The molecule has 0 radical (unpaired) electrons. The third-order valence-corrected chi connectivity index (χ3v) is 4.32. The Kier molecular flexibility index (Phi) is 4.35. The van der Waals surface area contributed by atoms with Crippen LogP contribution in [0.2, 0.25) is 0 Å². The molecule has 120 valence electrons. The number of benzene rings is 1. The van der Waals surface area contributed by atoms with Crippen LogP contribution in [-0.2, 0) is 6.54 Å². The summed E-state index contributed by atoms with van der Waals surface area (Å²) in [6.07, 6.45) is 2.17. The molecule has 2 aromatic heterocycles. The zero-order valence-corrected chi connectivity index (χ0v) is 14.1. The number of aryl methyl sites for hydroxylation is 1. The highest BCUT2D eigenvalue weighted by atomic mass is 15.1. The minimum atomic E-state index is 0.777. The van der Waals surface area contributed by atoms with Crippen molar-refractivity contribution in [2.24, 2.45) is 0 Å². The molecule has 4 heteroatoms. The Hall–Kier alpha value is -2.33. The van der Waals surface area contributed by atoms with Gasteiger partial charge in [0.2, 0.25) is 0 Å². The van der Waals surface area contributed by atoms with Gasteiger partial charge in [-0.25, -0.2) is 4.98 Å². The molecule has 2 heterocycles. The van der Waals surface area contributed by atoms with E-state index in [0.717, 1.165) is 42.2 Å². The lowest BCUT2D eigenvalue weighted by Gasteiger charge is -2.18. The molecule has 0 fully saturated rings. The Balaban J connectivity index is 2.17. The lowest BCUT2D eigenvalue weighted by atomic mass is 10.1. The second-order valence-electron chi connectivity index (χ2n) is 5.93. The quantitative estimate of drug-likeness (QED) is 0.731. The molecule has 3 rings (SSSR count). The van der Waals surface area contributed by atoms with Crippen molar-refractivity contribution in [1.82, 2.24) is 14.3 Å². The second-order valence-corrected chi connectivity index (χ2v) is 5.93. The maximum atomic E-state index is 5.83. The van der Waals surface area contributed by atoms with Crippen LogP contribution in [0.5, 0.6) is 0 Å². The number of aromatic nitrogens is 2. The number of hydrogen-bond acceptors (Lipinski definition) is 3. The molecule has 0 spiro atoms. The predicted octanol–water partition coefficient (Wildman–Crippen LogP) is 3.73. The van der Waals surface area contributed by atoms with Crippen LogP contribution < -0.4 is 5.73 Å². The molecule has 23 heavy (non-hydrogen) atoms. The molecule has 0 amide bonds. The topological polar surface area (TPSA) is 46.6 Å². The molecule has 4 nitrogen and oxygen atoms in total. The summed E-state index contributed by atoms with van der Waals surface area (Å²) >= 11 is 0. The van der Waals surface area contributed by atoms with Gasteiger partial charge in [-0.05, 0) is 43.8 Å². The average Bonchev–Trinajstić information content (AvgIpc) is 2.91. The van der Waals surface area contributed by atoms with Crippen LogP contribution in [0.1, 0.15) is 25.1 Å². The normalized spacial score (nSPS) is 11.5. The maximum Gasteiger partial charge on any atom is 0.137 e. The Morgan fingerprint density at radius 2 is 1.74 bits per heavy atom. The third-order valence-electron chi connectivity index (χ3n) is 4.32. The second kappa shape index (κ2) is 6.42. The SMILES string of the molecule is CCN(CC)Cc1c(-c2ccc(N)cc2)nc2ccc(C)cn12. The number of hydrogen-bond donors (Lipinski definition) is 1. The summed E-state index contributed by atoms with van der Waals surface area (Å²) in [7, 11) is 0. The number of fused-ring (bicyclic) bond motifs is 1. The summed E-state index contributed by atoms with van der Waals surface area (Å²) in [4.78, 5) is 7.28. The maximum absolute atomic E-state index is 5.83. The van der Waals surface area contributed by atoms with Gasteiger partial charge in [0.25, 0.3) is 0 Å². The molecule has 1 aromatic carbocycles. The summed E-state index contributed by atoms with van der Waals surface area (Å²) in [6, 6.07) is 12.2. The van der Waals surface area contributed by atoms with Crippen LogP contribution in [0, 0.1) is 6.92 Å². The van der Waals surface area contributed by atoms with E-state index in [1.807, 2.05) is 12.1 Å². The van der Waals surface area contributed by atoms with E-state index in [9.17, 15) is 0 Å². The molecule has 0 aliphatic heterocycles. The predicted molar refractivity (Wildman–Crippen MR) is 96.4 cm³/mol. The number of nitrogen functional groups attached to an aromatic ring is 1. The van der Waals surface area contributed by atoms with Crippen molar-refractivity contribution in [3.8, 4) is 11.3 Å². The van der Waals surface area contributed by atoms with Crippen molar-refractivity contribution < 1.29 is 0 Å². The Bertz CT molecular complexity index is 798. The van der Waals surface area contributed by atoms with Gasteiger partial charge < -0.3 is 10.1 Å². The molecule has 0 bridgehead atoms. The summed E-state index contributed by atoms with van der Waals surface area (Å²) in [5.74, 6) is 0. The number of pyridine rings is 1. The summed E-state index contributed by atoms with van der Waals surface area (Å²) < 4.78 is 2.22. The third kappa shape index (κ3) is 3.08. The molecular formula is C19H24N4. The molecular weight excluding hydrogens is 284 g/mol. The molecule has 0 aliphatic rings. The number of nitrogens with two attached hydrogens (primary N) is 1. The fourth-order valence-corrected chi connectivity index (χ4v) is 2.88. The highest BCUT2D eigenvalue weighted by molar-refractivity contribution is 5.68. The van der Waals surface area contributed by atoms with Gasteiger partial charge in [-0.2, -0.15) is 0 Å². The first-order valence-electron chi connectivity index (χ1n) is 8.18. The van der Waals surface area contributed by atoms with Crippen LogP contribution in [0.3, 0.4) is 0 Å². The number of rotatable bonds is 5. The molecule has 0 saturated carbocycles. The van der Waals surface area contributed by atoms with Crippen molar-refractivity contribution in [3.63, 3.8) is 0 Å². The van der Waals surface area contributed by atoms with E-state index in [1.54, 1.807) is 0 Å². The molecule has 2 N–H and O–H groups in total. The van der Waals surface area contributed by atoms with E-state index < -0.39 is 0 Å². The van der Waals surface area contributed by atoms with Gasteiger partial charge in [0, 0.05) is 24.0 Å². The van der Waals surface area contributed by atoms with Gasteiger partial charge in [0.15, 0.2) is 0 Å². The van der Waals surface area contributed by atoms with E-state index in [4.69, 9.17) is 10.7 Å². The van der Waals surface area contributed by atoms with Crippen molar-refractivity contribution in [3.05, 3.63) is 53.9 Å². The van der Waals surface area contributed by atoms with Crippen LogP contribution in [0.4, 0.5) is 5.69 Å². The first-order chi connectivity index (χ1) is 11.1. The first kappa shape index (κ1) is 15.6.